The van der Waals surface area contributed by atoms with Gasteiger partial charge >= 0.3 is 6.36 Å². The van der Waals surface area contributed by atoms with Crippen molar-refractivity contribution in [3.63, 3.8) is 0 Å². The summed E-state index contributed by atoms with van der Waals surface area (Å²) < 4.78 is 42.4. The number of thioether (sulfide) groups is 1. The number of benzene rings is 3. The quantitative estimate of drug-likeness (QED) is 0.211. The number of aryl methyl sites for hydroxylation is 1. The average molecular weight is 523 g/mol. The number of nitrogens with zero attached hydrogens (tertiary/aromatic N) is 6. The van der Waals surface area contributed by atoms with Gasteiger partial charge in [0.15, 0.2) is 11.0 Å². The largest absolute Gasteiger partial charge is 0.573 e. The minimum Gasteiger partial charge on any atom is -0.406 e. The number of halogens is 3. The fraction of sp³-hybridized carbons (Fsp3) is 0.154. The Labute approximate surface area is 215 Å². The summed E-state index contributed by atoms with van der Waals surface area (Å²) in [5.41, 5.74) is 4.66. The van der Waals surface area contributed by atoms with Crippen LogP contribution in [0.3, 0.4) is 0 Å². The molecule has 0 amide bonds. The van der Waals surface area contributed by atoms with Crippen molar-refractivity contribution in [1.29, 1.82) is 0 Å². The molecule has 7 nitrogen and oxygen atoms in total. The standard InChI is InChI=1S/C26H21F3N6OS/c1-2-19-5-3-4-6-23(19)34-17-37-25(34)32-31-15-18-7-9-20(10-8-18)24-30-16-35(33-24)21-11-13-22(14-12-21)36-26(27,28)29/h3-16H,2,17H2,1H3. The Morgan fingerprint density at radius 3 is 2.46 bits per heavy atom. The van der Waals surface area contributed by atoms with Gasteiger partial charge in [-0.05, 0) is 47.9 Å². The van der Waals surface area contributed by atoms with E-state index in [4.69, 9.17) is 0 Å². The van der Waals surface area contributed by atoms with E-state index in [9.17, 15) is 13.2 Å². The third-order valence-electron chi connectivity index (χ3n) is 5.56. The summed E-state index contributed by atoms with van der Waals surface area (Å²) in [6.45, 7) is 2.14. The molecule has 0 atom stereocenters. The molecule has 0 radical (unpaired) electrons. The highest BCUT2D eigenvalue weighted by atomic mass is 32.2. The van der Waals surface area contributed by atoms with E-state index in [0.717, 1.165) is 28.6 Å². The molecule has 0 bridgehead atoms. The number of hydrogen-bond acceptors (Lipinski definition) is 6. The fourth-order valence-corrected chi connectivity index (χ4v) is 4.41. The van der Waals surface area contributed by atoms with Gasteiger partial charge in [0, 0.05) is 11.3 Å². The predicted molar refractivity (Wildman–Crippen MR) is 139 cm³/mol. The molecule has 1 aromatic heterocycles. The van der Waals surface area contributed by atoms with Crippen molar-refractivity contribution in [2.75, 3.05) is 10.8 Å². The number of ether oxygens (including phenoxy) is 1. The highest BCUT2D eigenvalue weighted by molar-refractivity contribution is 8.16. The van der Waals surface area contributed by atoms with Crippen LogP contribution >= 0.6 is 11.8 Å². The van der Waals surface area contributed by atoms with Gasteiger partial charge in [0.2, 0.25) is 0 Å². The molecule has 37 heavy (non-hydrogen) atoms. The zero-order valence-corrected chi connectivity index (χ0v) is 20.4. The molecule has 0 aliphatic carbocycles. The van der Waals surface area contributed by atoms with Crippen LogP contribution in [-0.2, 0) is 6.42 Å². The zero-order valence-electron chi connectivity index (χ0n) is 19.6. The first kappa shape index (κ1) is 24.6. The van der Waals surface area contributed by atoms with Crippen LogP contribution in [-0.4, -0.2) is 38.4 Å². The summed E-state index contributed by atoms with van der Waals surface area (Å²) in [5.74, 6) is 1.04. The van der Waals surface area contributed by atoms with Crippen LogP contribution < -0.4 is 9.64 Å². The third-order valence-corrected chi connectivity index (χ3v) is 6.51. The van der Waals surface area contributed by atoms with Crippen molar-refractivity contribution in [3.8, 4) is 22.8 Å². The number of anilines is 1. The van der Waals surface area contributed by atoms with Crippen molar-refractivity contribution in [2.45, 2.75) is 19.7 Å². The molecule has 1 saturated heterocycles. The van der Waals surface area contributed by atoms with Crippen molar-refractivity contribution < 1.29 is 17.9 Å². The minimum absolute atomic E-state index is 0.298. The third kappa shape index (κ3) is 5.83. The van der Waals surface area contributed by atoms with Gasteiger partial charge in [-0.2, -0.15) is 5.10 Å². The maximum Gasteiger partial charge on any atom is 0.573 e. The Morgan fingerprint density at radius 2 is 1.78 bits per heavy atom. The number of rotatable bonds is 7. The lowest BCUT2D eigenvalue weighted by molar-refractivity contribution is -0.274. The molecule has 5 rings (SSSR count). The topological polar surface area (TPSA) is 67.9 Å². The van der Waals surface area contributed by atoms with E-state index in [-0.39, 0.29) is 5.75 Å². The molecule has 2 heterocycles. The van der Waals surface area contributed by atoms with E-state index in [0.29, 0.717) is 11.5 Å². The smallest absolute Gasteiger partial charge is 0.406 e. The van der Waals surface area contributed by atoms with E-state index in [1.807, 2.05) is 36.4 Å². The van der Waals surface area contributed by atoms with Crippen molar-refractivity contribution in [3.05, 3.63) is 90.3 Å². The van der Waals surface area contributed by atoms with Gasteiger partial charge in [-0.15, -0.1) is 23.4 Å². The number of para-hydroxylation sites is 1. The van der Waals surface area contributed by atoms with Gasteiger partial charge in [0.05, 0.1) is 17.8 Å². The minimum atomic E-state index is -4.73. The molecule has 1 aliphatic rings. The Hall–Kier alpha value is -4.12. The molecule has 1 fully saturated rings. The van der Waals surface area contributed by atoms with Crippen LogP contribution in [0, 0.1) is 0 Å². The van der Waals surface area contributed by atoms with Gasteiger partial charge < -0.3 is 9.64 Å². The van der Waals surface area contributed by atoms with Crippen LogP contribution in [0.15, 0.2) is 89.3 Å². The maximum absolute atomic E-state index is 12.3. The lowest BCUT2D eigenvalue weighted by Gasteiger charge is -2.34. The van der Waals surface area contributed by atoms with E-state index in [1.165, 1.54) is 46.5 Å². The van der Waals surface area contributed by atoms with Gasteiger partial charge in [0.25, 0.3) is 0 Å². The number of hydrogen-bond donors (Lipinski definition) is 0. The van der Waals surface area contributed by atoms with E-state index >= 15 is 0 Å². The molecule has 188 valence electrons. The second-order valence-corrected chi connectivity index (χ2v) is 8.90. The molecule has 0 unspecified atom stereocenters. The van der Waals surface area contributed by atoms with Crippen LogP contribution in [0.1, 0.15) is 18.1 Å². The summed E-state index contributed by atoms with van der Waals surface area (Å²) in [6, 6.07) is 21.2. The Morgan fingerprint density at radius 1 is 1.03 bits per heavy atom. The predicted octanol–water partition coefficient (Wildman–Crippen LogP) is 6.30. The Balaban J connectivity index is 1.23. The summed E-state index contributed by atoms with van der Waals surface area (Å²) in [5, 5.41) is 13.9. The van der Waals surface area contributed by atoms with Crippen LogP contribution in [0.25, 0.3) is 17.1 Å². The van der Waals surface area contributed by atoms with E-state index < -0.39 is 6.36 Å². The molecule has 4 aromatic rings. The lowest BCUT2D eigenvalue weighted by Crippen LogP contribution is -2.38. The summed E-state index contributed by atoms with van der Waals surface area (Å²) in [4.78, 5) is 6.46. The molecule has 0 spiro atoms. The van der Waals surface area contributed by atoms with Gasteiger partial charge in [0.1, 0.15) is 12.1 Å². The highest BCUT2D eigenvalue weighted by Crippen LogP contribution is 2.33. The van der Waals surface area contributed by atoms with Gasteiger partial charge in [-0.1, -0.05) is 61.2 Å². The second kappa shape index (κ2) is 10.5. The number of amidine groups is 1. The SMILES string of the molecule is CCc1ccccc1N1CSC1=NN=Cc1ccc(-c2ncn(-c3ccc(OC(F)(F)F)cc3)n2)cc1. The summed E-state index contributed by atoms with van der Waals surface area (Å²) in [6.07, 6.45) is -0.588. The molecule has 0 saturated carbocycles. The molecular formula is C26H21F3N6OS. The Bertz CT molecular complexity index is 1430. The summed E-state index contributed by atoms with van der Waals surface area (Å²) in [7, 11) is 0. The first-order valence-corrected chi connectivity index (χ1v) is 12.4. The first-order chi connectivity index (χ1) is 17.9. The van der Waals surface area contributed by atoms with E-state index in [2.05, 4.69) is 49.0 Å². The van der Waals surface area contributed by atoms with Gasteiger partial charge in [-0.3, -0.25) is 0 Å². The lowest BCUT2D eigenvalue weighted by atomic mass is 10.1. The van der Waals surface area contributed by atoms with Crippen LogP contribution in [0.2, 0.25) is 0 Å². The van der Waals surface area contributed by atoms with Crippen LogP contribution in [0.5, 0.6) is 5.75 Å². The maximum atomic E-state index is 12.3. The monoisotopic (exact) mass is 522 g/mol. The molecule has 3 aromatic carbocycles. The second-order valence-electron chi connectivity index (χ2n) is 7.99. The van der Waals surface area contributed by atoms with Crippen molar-refractivity contribution in [2.24, 2.45) is 10.2 Å². The van der Waals surface area contributed by atoms with Crippen molar-refractivity contribution >= 4 is 28.8 Å². The highest BCUT2D eigenvalue weighted by Gasteiger charge is 2.31. The first-order valence-electron chi connectivity index (χ1n) is 11.4. The fourth-order valence-electron chi connectivity index (χ4n) is 3.70. The normalized spacial score (nSPS) is 14.8. The molecule has 11 heteroatoms. The molecule has 0 N–H and O–H groups in total. The molecular weight excluding hydrogens is 501 g/mol. The molecule has 1 aliphatic heterocycles. The Kier molecular flexibility index (Phi) is 6.95. The zero-order chi connectivity index (χ0) is 25.8. The number of alkyl halides is 3. The van der Waals surface area contributed by atoms with Crippen molar-refractivity contribution in [1.82, 2.24) is 14.8 Å². The van der Waals surface area contributed by atoms with Crippen LogP contribution in [0.4, 0.5) is 18.9 Å². The number of aromatic nitrogens is 3. The summed E-state index contributed by atoms with van der Waals surface area (Å²) >= 11 is 1.65. The van der Waals surface area contributed by atoms with E-state index in [1.54, 1.807) is 18.0 Å². The van der Waals surface area contributed by atoms with Gasteiger partial charge in [-0.25, -0.2) is 9.67 Å². The average Bonchev–Trinajstić information content (AvgIpc) is 3.36.